The van der Waals surface area contributed by atoms with E-state index in [2.05, 4.69) is 5.32 Å². The molecule has 0 atom stereocenters. The minimum absolute atomic E-state index is 0.0671. The molecule has 6 heteroatoms. The number of nitrogens with two attached hydrogens (primary N) is 1. The third kappa shape index (κ3) is 5.17. The smallest absolute Gasteiger partial charge is 0.344 e. The first-order valence-electron chi connectivity index (χ1n) is 6.57. The maximum absolute atomic E-state index is 11.4. The Bertz CT molecular complexity index is 486. The van der Waals surface area contributed by atoms with Crippen LogP contribution in [0.5, 0.6) is 5.75 Å². The van der Waals surface area contributed by atoms with E-state index < -0.39 is 5.97 Å². The standard InChI is InChI=1S/C14H18N2O4/c15-10-2-1-3-12(8-10)20-9-14(18)19-7-6-13(17)16-11-4-5-11/h1-3,8,11H,4-7,9,15H2,(H,16,17). The topological polar surface area (TPSA) is 90.7 Å². The van der Waals surface area contributed by atoms with Crippen LogP contribution in [0.25, 0.3) is 0 Å². The van der Waals surface area contributed by atoms with E-state index in [-0.39, 0.29) is 25.5 Å². The third-order valence-corrected chi connectivity index (χ3v) is 2.75. The second-order valence-electron chi connectivity index (χ2n) is 4.67. The molecule has 0 aliphatic heterocycles. The van der Waals surface area contributed by atoms with Gasteiger partial charge in [0.15, 0.2) is 6.61 Å². The number of esters is 1. The Morgan fingerprint density at radius 2 is 2.15 bits per heavy atom. The van der Waals surface area contributed by atoms with Crippen LogP contribution in [-0.2, 0) is 14.3 Å². The van der Waals surface area contributed by atoms with Crippen LogP contribution < -0.4 is 15.8 Å². The number of ether oxygens (including phenoxy) is 2. The lowest BCUT2D eigenvalue weighted by atomic mass is 10.3. The van der Waals surface area contributed by atoms with E-state index in [1.54, 1.807) is 24.3 Å². The largest absolute Gasteiger partial charge is 0.482 e. The quantitative estimate of drug-likeness (QED) is 0.570. The highest BCUT2D eigenvalue weighted by Crippen LogP contribution is 2.18. The molecule has 2 rings (SSSR count). The maximum atomic E-state index is 11.4. The molecule has 0 saturated heterocycles. The number of carbonyl (C=O) groups is 2. The van der Waals surface area contributed by atoms with Crippen LogP contribution in [0.3, 0.4) is 0 Å². The molecule has 1 aliphatic carbocycles. The summed E-state index contributed by atoms with van der Waals surface area (Å²) in [7, 11) is 0. The number of hydrogen-bond acceptors (Lipinski definition) is 5. The molecule has 3 N–H and O–H groups in total. The summed E-state index contributed by atoms with van der Waals surface area (Å²) in [4.78, 5) is 22.8. The van der Waals surface area contributed by atoms with E-state index in [0.29, 0.717) is 17.5 Å². The fraction of sp³-hybridized carbons (Fsp3) is 0.429. The highest BCUT2D eigenvalue weighted by atomic mass is 16.6. The summed E-state index contributed by atoms with van der Waals surface area (Å²) in [6, 6.07) is 7.11. The van der Waals surface area contributed by atoms with Gasteiger partial charge in [0.25, 0.3) is 0 Å². The lowest BCUT2D eigenvalue weighted by Gasteiger charge is -2.07. The van der Waals surface area contributed by atoms with Crippen LogP contribution in [0, 0.1) is 0 Å². The van der Waals surface area contributed by atoms with Crippen LogP contribution >= 0.6 is 0 Å². The van der Waals surface area contributed by atoms with Crippen LogP contribution in [0.1, 0.15) is 19.3 Å². The summed E-state index contributed by atoms with van der Waals surface area (Å²) in [6.45, 7) is -0.134. The average Bonchev–Trinajstić information content (AvgIpc) is 3.20. The zero-order chi connectivity index (χ0) is 14.4. The van der Waals surface area contributed by atoms with Crippen molar-refractivity contribution >= 4 is 17.6 Å². The van der Waals surface area contributed by atoms with Crippen molar-refractivity contribution in [2.75, 3.05) is 18.9 Å². The number of anilines is 1. The van der Waals surface area contributed by atoms with E-state index >= 15 is 0 Å². The molecule has 1 aliphatic rings. The van der Waals surface area contributed by atoms with Gasteiger partial charge in [-0.25, -0.2) is 4.79 Å². The van der Waals surface area contributed by atoms with Crippen molar-refractivity contribution < 1.29 is 19.1 Å². The Kier molecular flexibility index (Phi) is 4.81. The van der Waals surface area contributed by atoms with Crippen molar-refractivity contribution in [3.05, 3.63) is 24.3 Å². The van der Waals surface area contributed by atoms with Crippen LogP contribution in [0.2, 0.25) is 0 Å². The predicted molar refractivity (Wildman–Crippen MR) is 73.1 cm³/mol. The average molecular weight is 278 g/mol. The molecule has 0 spiro atoms. The first-order valence-corrected chi connectivity index (χ1v) is 6.57. The molecule has 0 unspecified atom stereocenters. The number of hydrogen-bond donors (Lipinski definition) is 2. The van der Waals surface area contributed by atoms with Gasteiger partial charge in [0.05, 0.1) is 6.42 Å². The molecule has 1 amide bonds. The van der Waals surface area contributed by atoms with Gasteiger partial charge < -0.3 is 20.5 Å². The molecule has 6 nitrogen and oxygen atoms in total. The minimum Gasteiger partial charge on any atom is -0.482 e. The number of benzene rings is 1. The molecule has 20 heavy (non-hydrogen) atoms. The molecule has 0 radical (unpaired) electrons. The van der Waals surface area contributed by atoms with Crippen molar-refractivity contribution in [3.8, 4) is 5.75 Å². The fourth-order valence-electron chi connectivity index (χ4n) is 1.57. The summed E-state index contributed by atoms with van der Waals surface area (Å²) in [6.07, 6.45) is 2.26. The number of carbonyl (C=O) groups excluding carboxylic acids is 2. The van der Waals surface area contributed by atoms with Crippen molar-refractivity contribution in [3.63, 3.8) is 0 Å². The second-order valence-corrected chi connectivity index (χ2v) is 4.67. The van der Waals surface area contributed by atoms with Gasteiger partial charge in [-0.15, -0.1) is 0 Å². The zero-order valence-corrected chi connectivity index (χ0v) is 11.1. The van der Waals surface area contributed by atoms with Gasteiger partial charge in [0.1, 0.15) is 12.4 Å². The summed E-state index contributed by atoms with van der Waals surface area (Å²) in [5.74, 6) is -0.0860. The van der Waals surface area contributed by atoms with Crippen LogP contribution in [0.15, 0.2) is 24.3 Å². The molecule has 108 valence electrons. The van der Waals surface area contributed by atoms with Gasteiger partial charge in [0, 0.05) is 17.8 Å². The van der Waals surface area contributed by atoms with Crippen molar-refractivity contribution in [2.24, 2.45) is 0 Å². The van der Waals surface area contributed by atoms with Gasteiger partial charge in [0.2, 0.25) is 5.91 Å². The van der Waals surface area contributed by atoms with Crippen molar-refractivity contribution in [2.45, 2.75) is 25.3 Å². The molecular weight excluding hydrogens is 260 g/mol. The van der Waals surface area contributed by atoms with E-state index in [1.165, 1.54) is 0 Å². The summed E-state index contributed by atoms with van der Waals surface area (Å²) in [5, 5.41) is 2.82. The Morgan fingerprint density at radius 3 is 2.85 bits per heavy atom. The monoisotopic (exact) mass is 278 g/mol. The van der Waals surface area contributed by atoms with Gasteiger partial charge in [-0.1, -0.05) is 6.07 Å². The van der Waals surface area contributed by atoms with Gasteiger partial charge in [-0.3, -0.25) is 4.79 Å². The molecule has 0 heterocycles. The minimum atomic E-state index is -0.508. The molecule has 0 aromatic heterocycles. The van der Waals surface area contributed by atoms with E-state index in [4.69, 9.17) is 15.2 Å². The maximum Gasteiger partial charge on any atom is 0.344 e. The van der Waals surface area contributed by atoms with Crippen LogP contribution in [0.4, 0.5) is 5.69 Å². The summed E-state index contributed by atoms with van der Waals surface area (Å²) in [5.41, 5.74) is 6.15. The highest BCUT2D eigenvalue weighted by Gasteiger charge is 2.22. The molecule has 1 fully saturated rings. The molecule has 1 aromatic rings. The second kappa shape index (κ2) is 6.79. The van der Waals surface area contributed by atoms with Crippen molar-refractivity contribution in [1.82, 2.24) is 5.32 Å². The first-order chi connectivity index (χ1) is 9.63. The van der Waals surface area contributed by atoms with Crippen molar-refractivity contribution in [1.29, 1.82) is 0 Å². The number of nitrogen functional groups attached to an aromatic ring is 1. The van der Waals surface area contributed by atoms with Crippen LogP contribution in [-0.4, -0.2) is 31.1 Å². The van der Waals surface area contributed by atoms with E-state index in [1.807, 2.05) is 0 Å². The third-order valence-electron chi connectivity index (χ3n) is 2.75. The molecule has 1 aromatic carbocycles. The number of amides is 1. The van der Waals surface area contributed by atoms with Gasteiger partial charge in [-0.2, -0.15) is 0 Å². The lowest BCUT2D eigenvalue weighted by molar-refractivity contribution is -0.146. The molecule has 0 bridgehead atoms. The Labute approximate surface area is 117 Å². The Hall–Kier alpha value is -2.24. The van der Waals surface area contributed by atoms with Gasteiger partial charge in [-0.05, 0) is 25.0 Å². The van der Waals surface area contributed by atoms with Gasteiger partial charge >= 0.3 is 5.97 Å². The summed E-state index contributed by atoms with van der Waals surface area (Å²) < 4.78 is 10.1. The highest BCUT2D eigenvalue weighted by molar-refractivity contribution is 5.77. The number of nitrogens with one attached hydrogen (secondary N) is 1. The van der Waals surface area contributed by atoms with E-state index in [0.717, 1.165) is 12.8 Å². The fourth-order valence-corrected chi connectivity index (χ4v) is 1.57. The normalized spacial score (nSPS) is 13.6. The molecular formula is C14H18N2O4. The Balaban J connectivity index is 1.59. The summed E-state index contributed by atoms with van der Waals surface area (Å²) >= 11 is 0. The molecule has 1 saturated carbocycles. The Morgan fingerprint density at radius 1 is 1.35 bits per heavy atom. The van der Waals surface area contributed by atoms with E-state index in [9.17, 15) is 9.59 Å². The predicted octanol–water partition coefficient (Wildman–Crippen LogP) is 0.859. The number of rotatable bonds is 7. The lowest BCUT2D eigenvalue weighted by Crippen LogP contribution is -2.27. The zero-order valence-electron chi connectivity index (χ0n) is 11.1. The first kappa shape index (κ1) is 14.2. The SMILES string of the molecule is Nc1cccc(OCC(=O)OCCC(=O)NC2CC2)c1.